The molecular formula is C13H18N2O2. The van der Waals surface area contributed by atoms with Crippen LogP contribution in [0, 0.1) is 0 Å². The minimum absolute atomic E-state index is 0.729. The molecule has 3 N–H and O–H groups in total. The van der Waals surface area contributed by atoms with Crippen LogP contribution in [-0.2, 0) is 16.9 Å². The van der Waals surface area contributed by atoms with Crippen molar-refractivity contribution in [1.29, 1.82) is 0 Å². The Morgan fingerprint density at radius 3 is 3.00 bits per heavy atom. The lowest BCUT2D eigenvalue weighted by Crippen LogP contribution is -2.51. The highest BCUT2D eigenvalue weighted by atomic mass is 16.6. The average Bonchev–Trinajstić information content (AvgIpc) is 2.29. The van der Waals surface area contributed by atoms with Gasteiger partial charge in [-0.05, 0) is 12.0 Å². The van der Waals surface area contributed by atoms with Crippen LogP contribution in [0.4, 0.5) is 4.79 Å². The summed E-state index contributed by atoms with van der Waals surface area (Å²) in [6, 6.07) is 8.04. The lowest BCUT2D eigenvalue weighted by Gasteiger charge is -2.38. The van der Waals surface area contributed by atoms with Crippen LogP contribution < -0.4 is 11.1 Å². The van der Waals surface area contributed by atoms with Crippen molar-refractivity contribution in [2.24, 2.45) is 5.73 Å². The minimum atomic E-state index is -0.741. The molecule has 1 heterocycles. The first-order valence-electron chi connectivity index (χ1n) is 6.00. The zero-order valence-corrected chi connectivity index (χ0v) is 10.0. The van der Waals surface area contributed by atoms with E-state index in [9.17, 15) is 4.79 Å². The standard InChI is InChI=1S/C13H18N2O2/c1-2-8-13(17-12(14)16)11-6-4-3-5-10(11)7-9-15-13/h3-6,15H,2,7-9H2,1H3,(H2,14,16). The number of hydrogen-bond donors (Lipinski definition) is 2. The zero-order valence-electron chi connectivity index (χ0n) is 10.0. The second kappa shape index (κ2) is 4.75. The maximum atomic E-state index is 11.1. The normalized spacial score (nSPS) is 22.9. The Bertz CT molecular complexity index is 420. The van der Waals surface area contributed by atoms with Gasteiger partial charge in [0.1, 0.15) is 0 Å². The van der Waals surface area contributed by atoms with Crippen LogP contribution in [0.15, 0.2) is 24.3 Å². The fraction of sp³-hybridized carbons (Fsp3) is 0.462. The van der Waals surface area contributed by atoms with Gasteiger partial charge in [0.05, 0.1) is 0 Å². The molecule has 0 radical (unpaired) electrons. The number of carbonyl (C=O) groups is 1. The van der Waals surface area contributed by atoms with E-state index in [2.05, 4.69) is 18.3 Å². The van der Waals surface area contributed by atoms with E-state index < -0.39 is 11.8 Å². The first-order valence-corrected chi connectivity index (χ1v) is 6.00. The van der Waals surface area contributed by atoms with E-state index in [1.807, 2.05) is 18.2 Å². The van der Waals surface area contributed by atoms with Crippen molar-refractivity contribution in [2.75, 3.05) is 6.54 Å². The van der Waals surface area contributed by atoms with Gasteiger partial charge < -0.3 is 10.5 Å². The Hall–Kier alpha value is -1.55. The van der Waals surface area contributed by atoms with Crippen LogP contribution in [0.2, 0.25) is 0 Å². The van der Waals surface area contributed by atoms with Crippen LogP contribution in [0.3, 0.4) is 0 Å². The molecule has 1 aliphatic heterocycles. The summed E-state index contributed by atoms with van der Waals surface area (Å²) >= 11 is 0. The third-order valence-corrected chi connectivity index (χ3v) is 3.13. The highest BCUT2D eigenvalue weighted by Gasteiger charge is 2.38. The fourth-order valence-electron chi connectivity index (χ4n) is 2.52. The number of nitrogens with two attached hydrogens (primary N) is 1. The Morgan fingerprint density at radius 2 is 2.29 bits per heavy atom. The van der Waals surface area contributed by atoms with Gasteiger partial charge in [0.15, 0.2) is 5.72 Å². The Labute approximate surface area is 101 Å². The van der Waals surface area contributed by atoms with Gasteiger partial charge in [0, 0.05) is 18.5 Å². The Balaban J connectivity index is 2.43. The highest BCUT2D eigenvalue weighted by Crippen LogP contribution is 2.33. The van der Waals surface area contributed by atoms with Gasteiger partial charge in [0.2, 0.25) is 0 Å². The predicted molar refractivity (Wildman–Crippen MR) is 65.4 cm³/mol. The van der Waals surface area contributed by atoms with Gasteiger partial charge in [-0.3, -0.25) is 5.32 Å². The third-order valence-electron chi connectivity index (χ3n) is 3.13. The molecule has 1 unspecified atom stereocenters. The maximum absolute atomic E-state index is 11.1. The number of amides is 1. The van der Waals surface area contributed by atoms with Crippen molar-refractivity contribution in [2.45, 2.75) is 31.9 Å². The number of carbonyl (C=O) groups excluding carboxylic acids is 1. The molecule has 0 saturated carbocycles. The van der Waals surface area contributed by atoms with E-state index in [0.717, 1.165) is 31.4 Å². The molecular weight excluding hydrogens is 216 g/mol. The largest absolute Gasteiger partial charge is 0.424 e. The predicted octanol–water partition coefficient (Wildman–Crippen LogP) is 1.88. The van der Waals surface area contributed by atoms with Crippen molar-refractivity contribution in [3.05, 3.63) is 35.4 Å². The van der Waals surface area contributed by atoms with Crippen LogP contribution in [0.5, 0.6) is 0 Å². The van der Waals surface area contributed by atoms with Gasteiger partial charge in [0.25, 0.3) is 0 Å². The number of benzene rings is 1. The summed E-state index contributed by atoms with van der Waals surface area (Å²) in [5, 5.41) is 3.30. The first kappa shape index (κ1) is 11.9. The van der Waals surface area contributed by atoms with E-state index in [-0.39, 0.29) is 0 Å². The summed E-state index contributed by atoms with van der Waals surface area (Å²) in [4.78, 5) is 11.1. The van der Waals surface area contributed by atoms with Gasteiger partial charge in [-0.15, -0.1) is 0 Å². The van der Waals surface area contributed by atoms with Crippen molar-refractivity contribution < 1.29 is 9.53 Å². The molecule has 0 saturated heterocycles. The smallest absolute Gasteiger partial charge is 0.406 e. The van der Waals surface area contributed by atoms with E-state index in [1.54, 1.807) is 0 Å². The second-order valence-electron chi connectivity index (χ2n) is 4.33. The van der Waals surface area contributed by atoms with Crippen molar-refractivity contribution in [3.8, 4) is 0 Å². The molecule has 1 amide bonds. The zero-order chi connectivity index (χ0) is 12.3. The quantitative estimate of drug-likeness (QED) is 0.839. The number of fused-ring (bicyclic) bond motifs is 1. The van der Waals surface area contributed by atoms with Crippen molar-refractivity contribution in [1.82, 2.24) is 5.32 Å². The molecule has 1 atom stereocenters. The summed E-state index contributed by atoms with van der Waals surface area (Å²) in [6.45, 7) is 2.86. The minimum Gasteiger partial charge on any atom is -0.424 e. The Kier molecular flexibility index (Phi) is 3.33. The van der Waals surface area contributed by atoms with Crippen molar-refractivity contribution in [3.63, 3.8) is 0 Å². The number of nitrogens with one attached hydrogen (secondary N) is 1. The molecule has 4 nitrogen and oxygen atoms in total. The molecule has 0 bridgehead atoms. The van der Waals surface area contributed by atoms with Crippen LogP contribution in [0.1, 0.15) is 30.9 Å². The molecule has 1 aromatic rings. The lowest BCUT2D eigenvalue weighted by atomic mass is 9.88. The molecule has 0 aromatic heterocycles. The first-order chi connectivity index (χ1) is 8.18. The summed E-state index contributed by atoms with van der Waals surface area (Å²) in [5.41, 5.74) is 6.71. The molecule has 17 heavy (non-hydrogen) atoms. The van der Waals surface area contributed by atoms with Crippen molar-refractivity contribution >= 4 is 6.09 Å². The average molecular weight is 234 g/mol. The molecule has 4 heteroatoms. The van der Waals surface area contributed by atoms with E-state index >= 15 is 0 Å². The van der Waals surface area contributed by atoms with Gasteiger partial charge in [-0.25, -0.2) is 4.79 Å². The third kappa shape index (κ3) is 2.26. The summed E-state index contributed by atoms with van der Waals surface area (Å²) in [6.07, 6.45) is 1.85. The number of primary amides is 1. The van der Waals surface area contributed by atoms with Crippen LogP contribution >= 0.6 is 0 Å². The summed E-state index contributed by atoms with van der Waals surface area (Å²) in [5.74, 6) is 0. The molecule has 92 valence electrons. The highest BCUT2D eigenvalue weighted by molar-refractivity contribution is 5.65. The molecule has 0 fully saturated rings. The summed E-state index contributed by atoms with van der Waals surface area (Å²) in [7, 11) is 0. The monoisotopic (exact) mass is 234 g/mol. The molecule has 2 rings (SSSR count). The van der Waals surface area contributed by atoms with E-state index in [1.165, 1.54) is 5.56 Å². The van der Waals surface area contributed by atoms with Gasteiger partial charge >= 0.3 is 6.09 Å². The molecule has 0 aliphatic carbocycles. The topological polar surface area (TPSA) is 64.3 Å². The van der Waals surface area contributed by atoms with Crippen LogP contribution in [-0.4, -0.2) is 12.6 Å². The summed E-state index contributed by atoms with van der Waals surface area (Å²) < 4.78 is 5.37. The number of ether oxygens (including phenoxy) is 1. The molecule has 1 aromatic carbocycles. The number of hydrogen-bond acceptors (Lipinski definition) is 3. The van der Waals surface area contributed by atoms with Crippen LogP contribution in [0.25, 0.3) is 0 Å². The van der Waals surface area contributed by atoms with Gasteiger partial charge in [-0.1, -0.05) is 37.6 Å². The van der Waals surface area contributed by atoms with E-state index in [0.29, 0.717) is 0 Å². The number of rotatable bonds is 3. The molecule has 0 spiro atoms. The SMILES string of the molecule is CCCC1(OC(N)=O)NCCc2ccccc21. The second-order valence-corrected chi connectivity index (χ2v) is 4.33. The maximum Gasteiger partial charge on any atom is 0.406 e. The van der Waals surface area contributed by atoms with Gasteiger partial charge in [-0.2, -0.15) is 0 Å². The Morgan fingerprint density at radius 1 is 1.53 bits per heavy atom. The molecule has 1 aliphatic rings. The fourth-order valence-corrected chi connectivity index (χ4v) is 2.52. The van der Waals surface area contributed by atoms with E-state index in [4.69, 9.17) is 10.5 Å². The lowest BCUT2D eigenvalue weighted by molar-refractivity contribution is -0.0284.